The second-order valence-electron chi connectivity index (χ2n) is 5.69. The molecule has 1 rings (SSSR count). The molecule has 0 N–H and O–H groups in total. The number of benzene rings is 1. The number of aryl methyl sites for hydroxylation is 3. The predicted molar refractivity (Wildman–Crippen MR) is 72.9 cm³/mol. The van der Waals surface area contributed by atoms with Gasteiger partial charge in [0.2, 0.25) is 0 Å². The number of hydrogen-bond donors (Lipinski definition) is 0. The topological polar surface area (TPSA) is 12.4 Å². The van der Waals surface area contributed by atoms with Crippen LogP contribution in [0.2, 0.25) is 0 Å². The van der Waals surface area contributed by atoms with E-state index in [4.69, 9.17) is 4.99 Å². The SMILES string of the molecule is CC(=Nc1c(C)cc(C)cc1C)C(C)(C)C. The molecule has 1 aromatic carbocycles. The van der Waals surface area contributed by atoms with Crippen LogP contribution in [-0.4, -0.2) is 5.71 Å². The zero-order valence-corrected chi connectivity index (χ0v) is 11.6. The van der Waals surface area contributed by atoms with Crippen molar-refractivity contribution in [1.82, 2.24) is 0 Å². The maximum Gasteiger partial charge on any atom is 0.0687 e. The highest BCUT2D eigenvalue weighted by Crippen LogP contribution is 2.28. The summed E-state index contributed by atoms with van der Waals surface area (Å²) in [5.74, 6) is 0. The van der Waals surface area contributed by atoms with Crippen LogP contribution in [0.25, 0.3) is 0 Å². The third-order valence-corrected chi connectivity index (χ3v) is 3.00. The molecule has 0 saturated heterocycles. The van der Waals surface area contributed by atoms with Crippen LogP contribution in [-0.2, 0) is 0 Å². The van der Waals surface area contributed by atoms with Crippen molar-refractivity contribution >= 4 is 11.4 Å². The summed E-state index contributed by atoms with van der Waals surface area (Å²) in [5, 5.41) is 0. The van der Waals surface area contributed by atoms with E-state index in [0.717, 1.165) is 5.69 Å². The Morgan fingerprint density at radius 3 is 1.81 bits per heavy atom. The Balaban J connectivity index is 3.26. The molecule has 1 aromatic rings. The van der Waals surface area contributed by atoms with Crippen LogP contribution in [0, 0.1) is 26.2 Å². The molecule has 0 bridgehead atoms. The maximum absolute atomic E-state index is 4.79. The molecule has 16 heavy (non-hydrogen) atoms. The van der Waals surface area contributed by atoms with Crippen LogP contribution in [0.1, 0.15) is 44.4 Å². The summed E-state index contributed by atoms with van der Waals surface area (Å²) in [5.41, 5.74) is 6.30. The lowest BCUT2D eigenvalue weighted by molar-refractivity contribution is 0.588. The van der Waals surface area contributed by atoms with Crippen molar-refractivity contribution in [2.75, 3.05) is 0 Å². The fourth-order valence-electron chi connectivity index (χ4n) is 1.68. The summed E-state index contributed by atoms with van der Waals surface area (Å²) in [6.07, 6.45) is 0. The Morgan fingerprint density at radius 2 is 1.44 bits per heavy atom. The quantitative estimate of drug-likeness (QED) is 0.602. The first-order valence-electron chi connectivity index (χ1n) is 5.85. The van der Waals surface area contributed by atoms with Crippen LogP contribution in [0.5, 0.6) is 0 Å². The van der Waals surface area contributed by atoms with E-state index in [2.05, 4.69) is 60.6 Å². The van der Waals surface area contributed by atoms with Gasteiger partial charge < -0.3 is 0 Å². The van der Waals surface area contributed by atoms with Crippen molar-refractivity contribution in [1.29, 1.82) is 0 Å². The fraction of sp³-hybridized carbons (Fsp3) is 0.533. The van der Waals surface area contributed by atoms with Crippen molar-refractivity contribution in [3.05, 3.63) is 28.8 Å². The first-order valence-corrected chi connectivity index (χ1v) is 5.85. The molecule has 0 unspecified atom stereocenters. The lowest BCUT2D eigenvalue weighted by Gasteiger charge is -2.19. The van der Waals surface area contributed by atoms with Gasteiger partial charge >= 0.3 is 0 Å². The van der Waals surface area contributed by atoms with E-state index in [1.54, 1.807) is 0 Å². The molecule has 1 heteroatoms. The molecule has 0 aromatic heterocycles. The number of hydrogen-bond acceptors (Lipinski definition) is 1. The molecule has 0 spiro atoms. The van der Waals surface area contributed by atoms with E-state index in [1.165, 1.54) is 22.4 Å². The summed E-state index contributed by atoms with van der Waals surface area (Å²) in [7, 11) is 0. The first kappa shape index (κ1) is 13.0. The summed E-state index contributed by atoms with van der Waals surface area (Å²) < 4.78 is 0. The highest BCUT2D eigenvalue weighted by Gasteiger charge is 2.15. The van der Waals surface area contributed by atoms with Gasteiger partial charge in [-0.25, -0.2) is 0 Å². The van der Waals surface area contributed by atoms with Crippen LogP contribution in [0.3, 0.4) is 0 Å². The Hall–Kier alpha value is -1.11. The van der Waals surface area contributed by atoms with Gasteiger partial charge in [-0.1, -0.05) is 38.5 Å². The molecule has 0 aliphatic carbocycles. The highest BCUT2D eigenvalue weighted by molar-refractivity contribution is 5.89. The molecule has 0 fully saturated rings. The van der Waals surface area contributed by atoms with E-state index in [9.17, 15) is 0 Å². The minimum absolute atomic E-state index is 0.143. The second kappa shape index (κ2) is 4.40. The van der Waals surface area contributed by atoms with Crippen LogP contribution in [0.15, 0.2) is 17.1 Å². The highest BCUT2D eigenvalue weighted by atomic mass is 14.8. The third-order valence-electron chi connectivity index (χ3n) is 3.00. The molecule has 0 aliphatic rings. The Bertz CT molecular complexity index is 397. The van der Waals surface area contributed by atoms with E-state index in [-0.39, 0.29) is 5.41 Å². The maximum atomic E-state index is 4.79. The van der Waals surface area contributed by atoms with E-state index < -0.39 is 0 Å². The third kappa shape index (κ3) is 2.94. The van der Waals surface area contributed by atoms with Gasteiger partial charge in [-0.15, -0.1) is 0 Å². The Morgan fingerprint density at radius 1 is 1.00 bits per heavy atom. The number of nitrogens with zero attached hydrogens (tertiary/aromatic N) is 1. The zero-order valence-electron chi connectivity index (χ0n) is 11.6. The monoisotopic (exact) mass is 217 g/mol. The standard InChI is InChI=1S/C15H23N/c1-10-8-11(2)14(12(3)9-10)16-13(4)15(5,6)7/h8-9H,1-7H3. The van der Waals surface area contributed by atoms with Gasteiger partial charge in [0.25, 0.3) is 0 Å². The lowest BCUT2D eigenvalue weighted by Crippen LogP contribution is -2.16. The molecule has 0 saturated carbocycles. The molecule has 0 aliphatic heterocycles. The molecule has 0 amide bonds. The van der Waals surface area contributed by atoms with Crippen molar-refractivity contribution < 1.29 is 0 Å². The summed E-state index contributed by atoms with van der Waals surface area (Å²) in [6.45, 7) is 15.1. The Labute approximate surface area is 99.6 Å². The molecule has 0 heterocycles. The normalized spacial score (nSPS) is 13.1. The summed E-state index contributed by atoms with van der Waals surface area (Å²) in [6, 6.07) is 4.39. The van der Waals surface area contributed by atoms with E-state index in [1.807, 2.05) is 0 Å². The van der Waals surface area contributed by atoms with Crippen molar-refractivity contribution in [3.63, 3.8) is 0 Å². The molecule has 0 radical (unpaired) electrons. The van der Waals surface area contributed by atoms with Gasteiger partial charge in [0.1, 0.15) is 0 Å². The smallest absolute Gasteiger partial charge is 0.0687 e. The second-order valence-corrected chi connectivity index (χ2v) is 5.69. The van der Waals surface area contributed by atoms with Crippen molar-refractivity contribution in [3.8, 4) is 0 Å². The van der Waals surface area contributed by atoms with E-state index >= 15 is 0 Å². The largest absolute Gasteiger partial charge is 0.257 e. The lowest BCUT2D eigenvalue weighted by atomic mass is 9.91. The van der Waals surface area contributed by atoms with Gasteiger partial charge in [-0.05, 0) is 44.2 Å². The summed E-state index contributed by atoms with van der Waals surface area (Å²) >= 11 is 0. The van der Waals surface area contributed by atoms with Gasteiger partial charge in [0.15, 0.2) is 0 Å². The molecule has 0 atom stereocenters. The molecule has 1 nitrogen and oxygen atoms in total. The van der Waals surface area contributed by atoms with Crippen LogP contribution in [0.4, 0.5) is 5.69 Å². The average Bonchev–Trinajstić information content (AvgIpc) is 2.08. The minimum Gasteiger partial charge on any atom is -0.257 e. The Kier molecular flexibility index (Phi) is 3.57. The molecule has 88 valence electrons. The number of rotatable bonds is 1. The minimum atomic E-state index is 0.143. The van der Waals surface area contributed by atoms with Gasteiger partial charge in [-0.3, -0.25) is 4.99 Å². The van der Waals surface area contributed by atoms with Crippen LogP contribution < -0.4 is 0 Å². The van der Waals surface area contributed by atoms with Crippen molar-refractivity contribution in [2.45, 2.75) is 48.5 Å². The predicted octanol–water partition coefficient (Wildman–Crippen LogP) is 4.75. The van der Waals surface area contributed by atoms with E-state index in [0.29, 0.717) is 0 Å². The van der Waals surface area contributed by atoms with Crippen LogP contribution >= 0.6 is 0 Å². The zero-order chi connectivity index (χ0) is 12.5. The number of aliphatic imine (C=N–C) groups is 1. The molecular formula is C15H23N. The van der Waals surface area contributed by atoms with Gasteiger partial charge in [-0.2, -0.15) is 0 Å². The average molecular weight is 217 g/mol. The van der Waals surface area contributed by atoms with Gasteiger partial charge in [0.05, 0.1) is 5.69 Å². The fourth-order valence-corrected chi connectivity index (χ4v) is 1.68. The van der Waals surface area contributed by atoms with Gasteiger partial charge in [0, 0.05) is 5.71 Å². The molecular weight excluding hydrogens is 194 g/mol. The summed E-state index contributed by atoms with van der Waals surface area (Å²) in [4.78, 5) is 4.79. The first-order chi connectivity index (χ1) is 7.21. The van der Waals surface area contributed by atoms with Crippen molar-refractivity contribution in [2.24, 2.45) is 10.4 Å².